The Morgan fingerprint density at radius 3 is 1.84 bits per heavy atom. The number of alkyl carbamates (subject to hydrolysis) is 2. The zero-order chi connectivity index (χ0) is 29.6. The van der Waals surface area contributed by atoms with E-state index in [1.807, 2.05) is 6.26 Å². The number of hydrogen-bond acceptors (Lipinski definition) is 9. The van der Waals surface area contributed by atoms with E-state index >= 15 is 0 Å². The lowest BCUT2D eigenvalue weighted by Crippen LogP contribution is -2.43. The van der Waals surface area contributed by atoms with E-state index < -0.39 is 41.1 Å². The molecule has 0 aromatic rings. The van der Waals surface area contributed by atoms with Crippen LogP contribution in [0.15, 0.2) is 4.99 Å². The zero-order valence-corrected chi connectivity index (χ0v) is 26.3. The molecule has 0 aliphatic carbocycles. The second-order valence-corrected chi connectivity index (χ2v) is 14.4. The summed E-state index contributed by atoms with van der Waals surface area (Å²) in [6, 6.07) is -0.700. The fourth-order valence-electron chi connectivity index (χ4n) is 2.93. The maximum absolute atomic E-state index is 12.8. The third-order valence-electron chi connectivity index (χ3n) is 4.27. The molecule has 38 heavy (non-hydrogen) atoms. The van der Waals surface area contributed by atoms with Crippen LogP contribution in [0, 0.1) is 0 Å². The van der Waals surface area contributed by atoms with Gasteiger partial charge in [0, 0.05) is 18.6 Å². The van der Waals surface area contributed by atoms with Gasteiger partial charge in [-0.3, -0.25) is 10.1 Å². The Labute approximate surface area is 235 Å². The van der Waals surface area contributed by atoms with Gasteiger partial charge in [-0.05, 0) is 87.8 Å². The van der Waals surface area contributed by atoms with Gasteiger partial charge in [-0.2, -0.15) is 4.99 Å². The summed E-state index contributed by atoms with van der Waals surface area (Å²) in [5.74, 6) is 0.880. The molecule has 0 heterocycles. The highest BCUT2D eigenvalue weighted by atomic mass is 33.1. The molecule has 220 valence electrons. The van der Waals surface area contributed by atoms with Crippen LogP contribution in [0.3, 0.4) is 0 Å². The molecule has 1 unspecified atom stereocenters. The molecule has 0 spiro atoms. The van der Waals surface area contributed by atoms with E-state index in [1.54, 1.807) is 83.9 Å². The van der Waals surface area contributed by atoms with Crippen LogP contribution in [0.25, 0.3) is 0 Å². The average molecular weight is 578 g/mol. The molecule has 0 saturated heterocycles. The van der Waals surface area contributed by atoms with Crippen molar-refractivity contribution in [1.29, 1.82) is 0 Å². The fraction of sp³-hybridized carbons (Fsp3) is 0.808. The molecular formula is C26H47N3O7S2. The van der Waals surface area contributed by atoms with Gasteiger partial charge >= 0.3 is 18.3 Å². The van der Waals surface area contributed by atoms with Crippen LogP contribution in [-0.4, -0.2) is 64.8 Å². The van der Waals surface area contributed by atoms with Crippen molar-refractivity contribution in [3.63, 3.8) is 0 Å². The van der Waals surface area contributed by atoms with Crippen molar-refractivity contribution in [2.45, 2.75) is 124 Å². The first-order valence-electron chi connectivity index (χ1n) is 12.8. The van der Waals surface area contributed by atoms with Gasteiger partial charge in [-0.25, -0.2) is 14.4 Å². The lowest BCUT2D eigenvalue weighted by Gasteiger charge is -2.23. The summed E-state index contributed by atoms with van der Waals surface area (Å²) >= 11 is 0. The number of carbonyl (C=O) groups is 4. The van der Waals surface area contributed by atoms with E-state index in [-0.39, 0.29) is 18.0 Å². The first-order chi connectivity index (χ1) is 17.3. The second-order valence-electron chi connectivity index (χ2n) is 11.7. The van der Waals surface area contributed by atoms with E-state index in [1.165, 1.54) is 0 Å². The number of amides is 3. The number of Topliss-reactive ketones (excluding diaryl/α,β-unsaturated/α-hetero) is 1. The Morgan fingerprint density at radius 1 is 0.763 bits per heavy atom. The van der Waals surface area contributed by atoms with Crippen LogP contribution < -0.4 is 10.6 Å². The highest BCUT2D eigenvalue weighted by Crippen LogP contribution is 2.19. The molecular weight excluding hydrogens is 530 g/mol. The second kappa shape index (κ2) is 16.9. The topological polar surface area (TPSA) is 132 Å². The number of ketones is 1. The quantitative estimate of drug-likeness (QED) is 0.0859. The molecule has 0 fully saturated rings. The summed E-state index contributed by atoms with van der Waals surface area (Å²) in [4.78, 5) is 53.6. The largest absolute Gasteiger partial charge is 0.444 e. The van der Waals surface area contributed by atoms with Gasteiger partial charge in [0.2, 0.25) is 0 Å². The summed E-state index contributed by atoms with van der Waals surface area (Å²) in [5.41, 5.74) is -2.16. The number of carbonyl (C=O) groups excluding carboxylic acids is 4. The molecule has 0 aliphatic rings. The lowest BCUT2D eigenvalue weighted by atomic mass is 10.0. The number of rotatable bonds is 12. The Morgan fingerprint density at radius 2 is 1.32 bits per heavy atom. The number of ether oxygens (including phenoxy) is 3. The van der Waals surface area contributed by atoms with E-state index in [4.69, 9.17) is 14.2 Å². The third-order valence-corrected chi connectivity index (χ3v) is 6.17. The zero-order valence-electron chi connectivity index (χ0n) is 24.6. The minimum atomic E-state index is -0.827. The minimum Gasteiger partial charge on any atom is -0.444 e. The van der Waals surface area contributed by atoms with E-state index in [0.717, 1.165) is 5.75 Å². The third kappa shape index (κ3) is 21.0. The first-order valence-corrected chi connectivity index (χ1v) is 15.5. The van der Waals surface area contributed by atoms with Gasteiger partial charge < -0.3 is 19.5 Å². The van der Waals surface area contributed by atoms with Gasteiger partial charge in [0.25, 0.3) is 0 Å². The van der Waals surface area contributed by atoms with E-state index in [9.17, 15) is 19.2 Å². The van der Waals surface area contributed by atoms with Crippen molar-refractivity contribution in [2.75, 3.05) is 12.0 Å². The Kier molecular flexibility index (Phi) is 16.0. The Balaban J connectivity index is 5.28. The molecule has 0 aromatic carbocycles. The molecule has 0 rings (SSSR count). The van der Waals surface area contributed by atoms with Crippen molar-refractivity contribution in [2.24, 2.45) is 4.99 Å². The number of aliphatic imine (C=N–C) groups is 1. The highest BCUT2D eigenvalue weighted by molar-refractivity contribution is 8.76. The molecule has 2 N–H and O–H groups in total. The summed E-state index contributed by atoms with van der Waals surface area (Å²) in [5, 5.41) is 5.23. The summed E-state index contributed by atoms with van der Waals surface area (Å²) in [6.45, 7) is 15.6. The molecule has 0 bridgehead atoms. The first kappa shape index (κ1) is 36.0. The molecule has 0 aliphatic heterocycles. The number of nitrogens with zero attached hydrogens (tertiary/aromatic N) is 1. The average Bonchev–Trinajstić information content (AvgIpc) is 2.68. The van der Waals surface area contributed by atoms with Gasteiger partial charge in [-0.15, -0.1) is 0 Å². The van der Waals surface area contributed by atoms with Crippen LogP contribution in [-0.2, 0) is 19.0 Å². The maximum Gasteiger partial charge on any atom is 0.435 e. The monoisotopic (exact) mass is 577 g/mol. The lowest BCUT2D eigenvalue weighted by molar-refractivity contribution is -0.121. The number of nitrogens with one attached hydrogen (secondary N) is 2. The van der Waals surface area contributed by atoms with Crippen molar-refractivity contribution in [3.05, 3.63) is 0 Å². The number of amidine groups is 1. The van der Waals surface area contributed by atoms with Crippen molar-refractivity contribution in [3.8, 4) is 0 Å². The highest BCUT2D eigenvalue weighted by Gasteiger charge is 2.24. The molecule has 0 radical (unpaired) electrons. The molecule has 10 nitrogen and oxygen atoms in total. The van der Waals surface area contributed by atoms with Crippen molar-refractivity contribution < 1.29 is 33.4 Å². The van der Waals surface area contributed by atoms with Crippen molar-refractivity contribution in [1.82, 2.24) is 10.6 Å². The minimum absolute atomic E-state index is 0.0629. The summed E-state index contributed by atoms with van der Waals surface area (Å²) in [7, 11) is 3.33. The summed E-state index contributed by atoms with van der Waals surface area (Å²) in [6.07, 6.45) is 2.45. The van der Waals surface area contributed by atoms with Gasteiger partial charge in [0.15, 0.2) is 5.78 Å². The summed E-state index contributed by atoms with van der Waals surface area (Å²) < 4.78 is 15.8. The molecule has 0 aromatic heterocycles. The standard InChI is InChI=1S/C26H47N3O7S2/c1-24(2,3)34-21(31)27-18(19(30)15-13-17-38-37-10)14-11-12-16-20(28-22(32)35-25(4,5)6)29-23(33)36-26(7,8)9/h18H,11-17H2,1-10H3,(H,27,31)(H,28,29,32,33). The van der Waals surface area contributed by atoms with Gasteiger partial charge in [0.1, 0.15) is 22.6 Å². The Hall–Kier alpha value is -1.95. The number of hydrogen-bond donors (Lipinski definition) is 2. The van der Waals surface area contributed by atoms with E-state index in [2.05, 4.69) is 15.6 Å². The normalized spacial score (nSPS) is 13.4. The van der Waals surface area contributed by atoms with Gasteiger partial charge in [0.05, 0.1) is 6.04 Å². The van der Waals surface area contributed by atoms with Crippen LogP contribution in [0.4, 0.5) is 14.4 Å². The van der Waals surface area contributed by atoms with Crippen LogP contribution >= 0.6 is 21.6 Å². The number of unbranched alkanes of at least 4 members (excludes halogenated alkanes) is 1. The SMILES string of the molecule is CSSCCCC(=O)C(CCCC/C(=N/C(=O)OC(C)(C)C)NC(=O)OC(C)(C)C)NC(=O)OC(C)(C)C. The van der Waals surface area contributed by atoms with Crippen LogP contribution in [0.2, 0.25) is 0 Å². The molecule has 0 saturated carbocycles. The molecule has 3 amide bonds. The van der Waals surface area contributed by atoms with Gasteiger partial charge in [-0.1, -0.05) is 28.0 Å². The smallest absolute Gasteiger partial charge is 0.435 e. The van der Waals surface area contributed by atoms with Crippen LogP contribution in [0.5, 0.6) is 0 Å². The predicted octanol–water partition coefficient (Wildman–Crippen LogP) is 6.66. The molecule has 12 heteroatoms. The van der Waals surface area contributed by atoms with Crippen molar-refractivity contribution >= 4 is 51.5 Å². The van der Waals surface area contributed by atoms with Crippen LogP contribution in [0.1, 0.15) is 101 Å². The molecule has 1 atom stereocenters. The maximum atomic E-state index is 12.8. The Bertz CT molecular complexity index is 813. The fourth-order valence-corrected chi connectivity index (χ4v) is 4.21. The predicted molar refractivity (Wildman–Crippen MR) is 155 cm³/mol. The van der Waals surface area contributed by atoms with E-state index in [0.29, 0.717) is 32.1 Å².